The average Bonchev–Trinajstić information content (AvgIpc) is 3.11. The monoisotopic (exact) mass is 361 g/mol. The van der Waals surface area contributed by atoms with Gasteiger partial charge < -0.3 is 14.1 Å². The first-order valence-electron chi connectivity index (χ1n) is 7.69. The molecule has 0 saturated carbocycles. The first-order chi connectivity index (χ1) is 12.5. The Hall–Kier alpha value is -3.47. The Morgan fingerprint density at radius 2 is 1.88 bits per heavy atom. The van der Waals surface area contributed by atoms with Gasteiger partial charge in [0.25, 0.3) is 5.69 Å². The van der Waals surface area contributed by atoms with Crippen molar-refractivity contribution < 1.29 is 19.0 Å². The molecule has 0 atom stereocenters. The number of hydrogen-bond donors (Lipinski definition) is 1. The smallest absolute Gasteiger partial charge is 0.301 e. The van der Waals surface area contributed by atoms with E-state index >= 15 is 0 Å². The zero-order valence-electron chi connectivity index (χ0n) is 13.5. The Bertz CT molecular complexity index is 843. The summed E-state index contributed by atoms with van der Waals surface area (Å²) in [7, 11) is 0. The highest BCUT2D eigenvalue weighted by molar-refractivity contribution is 5.78. The third-order valence-electron chi connectivity index (χ3n) is 3.70. The van der Waals surface area contributed by atoms with E-state index in [1.807, 2.05) is 4.90 Å². The molecule has 2 aromatic rings. The number of anilines is 2. The molecule has 1 aromatic carbocycles. The number of ether oxygens (including phenoxy) is 1. The molecule has 1 aliphatic rings. The van der Waals surface area contributed by atoms with Crippen molar-refractivity contribution in [2.45, 2.75) is 0 Å². The molecule has 0 amide bonds. The van der Waals surface area contributed by atoms with Gasteiger partial charge in [-0.3, -0.25) is 25.7 Å². The van der Waals surface area contributed by atoms with Crippen LogP contribution in [0.4, 0.5) is 22.9 Å². The second kappa shape index (κ2) is 7.61. The number of furan rings is 1. The van der Waals surface area contributed by atoms with Crippen molar-refractivity contribution in [3.05, 3.63) is 56.3 Å². The predicted octanol–water partition coefficient (Wildman–Crippen LogP) is 2.38. The van der Waals surface area contributed by atoms with Crippen LogP contribution in [-0.2, 0) is 4.74 Å². The van der Waals surface area contributed by atoms with E-state index < -0.39 is 15.5 Å². The summed E-state index contributed by atoms with van der Waals surface area (Å²) in [6.07, 6.45) is 1.37. The Labute approximate surface area is 147 Å². The van der Waals surface area contributed by atoms with Crippen LogP contribution in [0.5, 0.6) is 0 Å². The fourth-order valence-electron chi connectivity index (χ4n) is 2.41. The highest BCUT2D eigenvalue weighted by atomic mass is 16.6. The van der Waals surface area contributed by atoms with Gasteiger partial charge in [-0.05, 0) is 12.1 Å². The molecule has 0 aliphatic carbocycles. The van der Waals surface area contributed by atoms with Crippen LogP contribution in [0.25, 0.3) is 0 Å². The minimum atomic E-state index is -0.714. The van der Waals surface area contributed by atoms with Crippen LogP contribution in [0.1, 0.15) is 5.76 Å². The van der Waals surface area contributed by atoms with Crippen LogP contribution >= 0.6 is 0 Å². The third-order valence-corrected chi connectivity index (χ3v) is 3.70. The van der Waals surface area contributed by atoms with Crippen LogP contribution in [0.2, 0.25) is 0 Å². The van der Waals surface area contributed by atoms with Gasteiger partial charge in [-0.15, -0.1) is 0 Å². The van der Waals surface area contributed by atoms with E-state index in [0.717, 1.165) is 25.2 Å². The molecule has 1 aliphatic heterocycles. The highest BCUT2D eigenvalue weighted by Gasteiger charge is 2.19. The minimum Gasteiger partial charge on any atom is -0.440 e. The summed E-state index contributed by atoms with van der Waals surface area (Å²) < 4.78 is 10.9. The topological polar surface area (TPSA) is 136 Å². The summed E-state index contributed by atoms with van der Waals surface area (Å²) >= 11 is 0. The van der Waals surface area contributed by atoms with E-state index in [0.29, 0.717) is 24.9 Å². The maximum atomic E-state index is 11.1. The van der Waals surface area contributed by atoms with Gasteiger partial charge in [0.1, 0.15) is 11.4 Å². The van der Waals surface area contributed by atoms with Gasteiger partial charge >= 0.3 is 5.69 Å². The molecule has 11 nitrogen and oxygen atoms in total. The van der Waals surface area contributed by atoms with E-state index in [2.05, 4.69) is 10.5 Å². The van der Waals surface area contributed by atoms with Gasteiger partial charge in [0.05, 0.1) is 35.3 Å². The van der Waals surface area contributed by atoms with Crippen molar-refractivity contribution in [2.24, 2.45) is 5.10 Å². The number of nitrogens with zero attached hydrogens (tertiary/aromatic N) is 4. The summed E-state index contributed by atoms with van der Waals surface area (Å²) in [6.45, 7) is 2.74. The first kappa shape index (κ1) is 17.4. The predicted molar refractivity (Wildman–Crippen MR) is 92.7 cm³/mol. The molecule has 136 valence electrons. The van der Waals surface area contributed by atoms with E-state index in [1.165, 1.54) is 12.3 Å². The number of hydrazone groups is 1. The summed E-state index contributed by atoms with van der Waals surface area (Å²) in [4.78, 5) is 22.4. The molecule has 0 radical (unpaired) electrons. The molecule has 26 heavy (non-hydrogen) atoms. The summed E-state index contributed by atoms with van der Waals surface area (Å²) in [5.41, 5.74) is 1.74. The second-order valence-electron chi connectivity index (χ2n) is 5.36. The van der Waals surface area contributed by atoms with Crippen molar-refractivity contribution in [3.63, 3.8) is 0 Å². The molecular weight excluding hydrogens is 346 g/mol. The zero-order chi connectivity index (χ0) is 18.5. The first-order valence-corrected chi connectivity index (χ1v) is 7.69. The Kier molecular flexibility index (Phi) is 5.08. The molecule has 3 rings (SSSR count). The van der Waals surface area contributed by atoms with Crippen LogP contribution in [0.15, 0.2) is 39.9 Å². The largest absolute Gasteiger partial charge is 0.440 e. The fourth-order valence-corrected chi connectivity index (χ4v) is 2.41. The number of benzene rings is 1. The molecule has 11 heteroatoms. The standard InChI is InChI=1S/C15H15N5O6/c21-19(22)11-1-3-13(14(9-11)20(23)24)17-16-10-12-2-4-15(26-12)18-5-7-25-8-6-18/h1-4,9-10,17H,5-8H2/b16-10-. The molecular formula is C15H15N5O6. The molecule has 1 saturated heterocycles. The zero-order valence-corrected chi connectivity index (χ0v) is 13.5. The number of nitro benzene ring substituents is 2. The number of non-ortho nitro benzene ring substituents is 1. The lowest BCUT2D eigenvalue weighted by Crippen LogP contribution is -2.35. The maximum Gasteiger partial charge on any atom is 0.301 e. The van der Waals surface area contributed by atoms with E-state index in [-0.39, 0.29) is 11.4 Å². The van der Waals surface area contributed by atoms with Crippen LogP contribution in [0, 0.1) is 20.2 Å². The molecule has 0 unspecified atom stereocenters. The number of hydrogen-bond acceptors (Lipinski definition) is 9. The maximum absolute atomic E-state index is 11.1. The second-order valence-corrected chi connectivity index (χ2v) is 5.36. The van der Waals surface area contributed by atoms with Crippen LogP contribution in [0.3, 0.4) is 0 Å². The lowest BCUT2D eigenvalue weighted by molar-refractivity contribution is -0.393. The summed E-state index contributed by atoms with van der Waals surface area (Å²) in [6, 6.07) is 6.80. The molecule has 1 fully saturated rings. The Morgan fingerprint density at radius 1 is 1.12 bits per heavy atom. The number of nitrogens with one attached hydrogen (secondary N) is 1. The lowest BCUT2D eigenvalue weighted by Gasteiger charge is -2.26. The lowest BCUT2D eigenvalue weighted by atomic mass is 10.2. The van der Waals surface area contributed by atoms with E-state index in [4.69, 9.17) is 9.15 Å². The van der Waals surface area contributed by atoms with E-state index in [1.54, 1.807) is 12.1 Å². The third kappa shape index (κ3) is 3.95. The molecule has 1 aromatic heterocycles. The Morgan fingerprint density at radius 3 is 2.58 bits per heavy atom. The quantitative estimate of drug-likeness (QED) is 0.470. The van der Waals surface area contributed by atoms with Gasteiger partial charge in [0, 0.05) is 25.2 Å². The van der Waals surface area contributed by atoms with Gasteiger partial charge in [-0.25, -0.2) is 0 Å². The van der Waals surface area contributed by atoms with E-state index in [9.17, 15) is 20.2 Å². The van der Waals surface area contributed by atoms with Crippen LogP contribution in [-0.4, -0.2) is 42.4 Å². The number of rotatable bonds is 6. The van der Waals surface area contributed by atoms with Gasteiger partial charge in [0.15, 0.2) is 5.88 Å². The normalized spacial score (nSPS) is 14.5. The average molecular weight is 361 g/mol. The van der Waals surface area contributed by atoms with Gasteiger partial charge in [-0.2, -0.15) is 5.10 Å². The fraction of sp³-hybridized carbons (Fsp3) is 0.267. The van der Waals surface area contributed by atoms with Crippen molar-refractivity contribution in [2.75, 3.05) is 36.6 Å². The molecule has 1 N–H and O–H groups in total. The van der Waals surface area contributed by atoms with Gasteiger partial charge in [0.2, 0.25) is 0 Å². The molecule has 0 spiro atoms. The molecule has 0 bridgehead atoms. The minimum absolute atomic E-state index is 0.0387. The Balaban J connectivity index is 1.69. The SMILES string of the molecule is O=[N+]([O-])c1ccc(N/N=C\c2ccc(N3CCOCC3)o2)c([N+](=O)[O-])c1. The van der Waals surface area contributed by atoms with Crippen LogP contribution < -0.4 is 10.3 Å². The van der Waals surface area contributed by atoms with Crippen molar-refractivity contribution in [3.8, 4) is 0 Å². The molecule has 2 heterocycles. The van der Waals surface area contributed by atoms with Crippen molar-refractivity contribution in [1.82, 2.24) is 0 Å². The summed E-state index contributed by atoms with van der Waals surface area (Å²) in [5, 5.41) is 25.7. The van der Waals surface area contributed by atoms with Gasteiger partial charge in [-0.1, -0.05) is 0 Å². The summed E-state index contributed by atoms with van der Waals surface area (Å²) in [5.74, 6) is 1.15. The van der Waals surface area contributed by atoms with Crippen molar-refractivity contribution >= 4 is 29.2 Å². The number of morpholine rings is 1. The highest BCUT2D eigenvalue weighted by Crippen LogP contribution is 2.29. The number of nitro groups is 2. The van der Waals surface area contributed by atoms with Crippen molar-refractivity contribution in [1.29, 1.82) is 0 Å².